The predicted octanol–water partition coefficient (Wildman–Crippen LogP) is 3.45. The van der Waals surface area contributed by atoms with E-state index in [2.05, 4.69) is 35.1 Å². The average molecular weight is 420 g/mol. The number of nitrogens with zero attached hydrogens (tertiary/aromatic N) is 2. The standard InChI is InChI=1S/C20H26ClN5OS/c1-14(2)11-12-22-20(28)24-23-18(27)10-9-17-15(3)25-26(19(17)21)13-16-7-5-4-6-8-16/h4-10,14H,11-13H2,1-3H3,(H,23,27)(H2,22,24,28)/b10-9+. The Morgan fingerprint density at radius 3 is 2.68 bits per heavy atom. The number of aryl methyl sites for hydroxylation is 1. The lowest BCUT2D eigenvalue weighted by molar-refractivity contribution is -0.116. The normalized spacial score (nSPS) is 11.0. The van der Waals surface area contributed by atoms with Crippen LogP contribution in [0.4, 0.5) is 0 Å². The highest BCUT2D eigenvalue weighted by atomic mass is 35.5. The minimum absolute atomic E-state index is 0.334. The number of carbonyl (C=O) groups is 1. The molecular weight excluding hydrogens is 394 g/mol. The van der Waals surface area contributed by atoms with E-state index in [1.807, 2.05) is 37.3 Å². The summed E-state index contributed by atoms with van der Waals surface area (Å²) in [7, 11) is 0. The van der Waals surface area contributed by atoms with Crippen LogP contribution in [0.2, 0.25) is 5.15 Å². The number of amides is 1. The fourth-order valence-electron chi connectivity index (χ4n) is 2.46. The highest BCUT2D eigenvalue weighted by Crippen LogP contribution is 2.22. The third-order valence-corrected chi connectivity index (χ3v) is 4.64. The van der Waals surface area contributed by atoms with Crippen molar-refractivity contribution in [3.05, 3.63) is 58.4 Å². The highest BCUT2D eigenvalue weighted by Gasteiger charge is 2.11. The lowest BCUT2D eigenvalue weighted by Gasteiger charge is -2.11. The molecule has 1 heterocycles. The SMILES string of the molecule is Cc1nn(Cc2ccccc2)c(Cl)c1/C=C/C(=O)NNC(=S)NCCC(C)C. The minimum atomic E-state index is -0.334. The zero-order valence-electron chi connectivity index (χ0n) is 16.3. The zero-order valence-corrected chi connectivity index (χ0v) is 17.9. The van der Waals surface area contributed by atoms with Crippen molar-refractivity contribution >= 4 is 40.9 Å². The summed E-state index contributed by atoms with van der Waals surface area (Å²) in [4.78, 5) is 12.0. The number of aromatic nitrogens is 2. The van der Waals surface area contributed by atoms with E-state index in [1.165, 1.54) is 6.08 Å². The van der Waals surface area contributed by atoms with Crippen molar-refractivity contribution in [1.82, 2.24) is 25.9 Å². The van der Waals surface area contributed by atoms with Crippen molar-refractivity contribution in [2.45, 2.75) is 33.7 Å². The number of thiocarbonyl (C=S) groups is 1. The van der Waals surface area contributed by atoms with Crippen LogP contribution in [-0.2, 0) is 11.3 Å². The van der Waals surface area contributed by atoms with Gasteiger partial charge in [0, 0.05) is 18.2 Å². The summed E-state index contributed by atoms with van der Waals surface area (Å²) in [5.41, 5.74) is 7.77. The van der Waals surface area contributed by atoms with Gasteiger partial charge in [-0.25, -0.2) is 4.68 Å². The van der Waals surface area contributed by atoms with E-state index in [0.717, 1.165) is 24.2 Å². The lowest BCUT2D eigenvalue weighted by Crippen LogP contribution is -2.46. The number of hydrogen-bond acceptors (Lipinski definition) is 3. The Labute approximate surface area is 176 Å². The maximum Gasteiger partial charge on any atom is 0.262 e. The van der Waals surface area contributed by atoms with Gasteiger partial charge < -0.3 is 5.32 Å². The smallest absolute Gasteiger partial charge is 0.262 e. The fraction of sp³-hybridized carbons (Fsp3) is 0.350. The van der Waals surface area contributed by atoms with Gasteiger partial charge in [0.15, 0.2) is 5.11 Å². The molecule has 0 unspecified atom stereocenters. The summed E-state index contributed by atoms with van der Waals surface area (Å²) in [6, 6.07) is 9.94. The molecule has 0 atom stereocenters. The molecule has 2 aromatic rings. The number of nitrogens with one attached hydrogen (secondary N) is 3. The second-order valence-corrected chi connectivity index (χ2v) is 7.59. The van der Waals surface area contributed by atoms with Gasteiger partial charge in [-0.15, -0.1) is 0 Å². The van der Waals surface area contributed by atoms with Gasteiger partial charge in [-0.05, 0) is 43.1 Å². The lowest BCUT2D eigenvalue weighted by atomic mass is 10.1. The van der Waals surface area contributed by atoms with Crippen LogP contribution in [0.25, 0.3) is 6.08 Å². The summed E-state index contributed by atoms with van der Waals surface area (Å²) in [6.07, 6.45) is 4.05. The molecule has 0 fully saturated rings. The molecule has 1 amide bonds. The van der Waals surface area contributed by atoms with Gasteiger partial charge in [0.2, 0.25) is 0 Å². The largest absolute Gasteiger partial charge is 0.361 e. The third-order valence-electron chi connectivity index (χ3n) is 3.99. The van der Waals surface area contributed by atoms with Crippen molar-refractivity contribution < 1.29 is 4.79 Å². The number of benzene rings is 1. The molecular formula is C20H26ClN5OS. The topological polar surface area (TPSA) is 71.0 Å². The van der Waals surface area contributed by atoms with E-state index in [0.29, 0.717) is 28.3 Å². The van der Waals surface area contributed by atoms with E-state index in [4.69, 9.17) is 23.8 Å². The predicted molar refractivity (Wildman–Crippen MR) is 118 cm³/mol. The molecule has 0 aliphatic rings. The molecule has 0 saturated carbocycles. The summed E-state index contributed by atoms with van der Waals surface area (Å²) in [6.45, 7) is 7.46. The van der Waals surface area contributed by atoms with Crippen LogP contribution in [-0.4, -0.2) is 27.3 Å². The monoisotopic (exact) mass is 419 g/mol. The Morgan fingerprint density at radius 2 is 2.00 bits per heavy atom. The van der Waals surface area contributed by atoms with Crippen LogP contribution in [0.3, 0.4) is 0 Å². The molecule has 0 saturated heterocycles. The first-order valence-corrected chi connectivity index (χ1v) is 9.94. The number of halogens is 1. The molecule has 150 valence electrons. The molecule has 0 aliphatic carbocycles. The molecule has 3 N–H and O–H groups in total. The fourth-order valence-corrected chi connectivity index (χ4v) is 2.91. The van der Waals surface area contributed by atoms with E-state index in [1.54, 1.807) is 10.8 Å². The van der Waals surface area contributed by atoms with Gasteiger partial charge in [0.25, 0.3) is 5.91 Å². The van der Waals surface area contributed by atoms with Crippen LogP contribution >= 0.6 is 23.8 Å². The Bertz CT molecular complexity index is 833. The zero-order chi connectivity index (χ0) is 20.5. The Kier molecular flexibility index (Phi) is 8.47. The van der Waals surface area contributed by atoms with E-state index in [9.17, 15) is 4.79 Å². The van der Waals surface area contributed by atoms with Crippen molar-refractivity contribution in [3.63, 3.8) is 0 Å². The first-order valence-electron chi connectivity index (χ1n) is 9.15. The number of hydrazine groups is 1. The molecule has 8 heteroatoms. The molecule has 0 spiro atoms. The summed E-state index contributed by atoms with van der Waals surface area (Å²) in [5.74, 6) is 0.253. The first-order chi connectivity index (χ1) is 13.4. The van der Waals surface area contributed by atoms with Gasteiger partial charge in [0.1, 0.15) is 5.15 Å². The summed E-state index contributed by atoms with van der Waals surface area (Å²) in [5, 5.41) is 8.37. The van der Waals surface area contributed by atoms with Crippen LogP contribution in [0.1, 0.15) is 37.1 Å². The van der Waals surface area contributed by atoms with Gasteiger partial charge in [-0.2, -0.15) is 5.10 Å². The van der Waals surface area contributed by atoms with Crippen LogP contribution in [0.15, 0.2) is 36.4 Å². The molecule has 0 aliphatic heterocycles. The molecule has 0 bridgehead atoms. The van der Waals surface area contributed by atoms with Crippen LogP contribution in [0.5, 0.6) is 0 Å². The van der Waals surface area contributed by atoms with Crippen LogP contribution < -0.4 is 16.2 Å². The first kappa shape index (κ1) is 21.9. The van der Waals surface area contributed by atoms with E-state index < -0.39 is 0 Å². The number of hydrogen-bond donors (Lipinski definition) is 3. The van der Waals surface area contributed by atoms with Crippen LogP contribution in [0, 0.1) is 12.8 Å². The second kappa shape index (κ2) is 10.8. The van der Waals surface area contributed by atoms with Crippen molar-refractivity contribution in [2.75, 3.05) is 6.54 Å². The van der Waals surface area contributed by atoms with E-state index >= 15 is 0 Å². The Morgan fingerprint density at radius 1 is 1.29 bits per heavy atom. The van der Waals surface area contributed by atoms with Gasteiger partial charge >= 0.3 is 0 Å². The average Bonchev–Trinajstić information content (AvgIpc) is 2.92. The van der Waals surface area contributed by atoms with Crippen molar-refractivity contribution in [2.24, 2.45) is 5.92 Å². The maximum atomic E-state index is 12.0. The quantitative estimate of drug-likeness (QED) is 0.364. The van der Waals surface area contributed by atoms with E-state index in [-0.39, 0.29) is 5.91 Å². The minimum Gasteiger partial charge on any atom is -0.361 e. The van der Waals surface area contributed by atoms with Crippen molar-refractivity contribution in [1.29, 1.82) is 0 Å². The molecule has 28 heavy (non-hydrogen) atoms. The second-order valence-electron chi connectivity index (χ2n) is 6.82. The maximum absolute atomic E-state index is 12.0. The summed E-state index contributed by atoms with van der Waals surface area (Å²) >= 11 is 11.6. The Hall–Kier alpha value is -2.38. The molecule has 1 aromatic carbocycles. The Balaban J connectivity index is 1.89. The molecule has 0 radical (unpaired) electrons. The third kappa shape index (κ3) is 6.98. The van der Waals surface area contributed by atoms with Gasteiger partial charge in [-0.1, -0.05) is 55.8 Å². The number of carbonyl (C=O) groups excluding carboxylic acids is 1. The summed E-state index contributed by atoms with van der Waals surface area (Å²) < 4.78 is 1.72. The molecule has 2 rings (SSSR count). The number of rotatable bonds is 7. The molecule has 1 aromatic heterocycles. The molecule has 6 nitrogen and oxygen atoms in total. The van der Waals surface area contributed by atoms with Crippen molar-refractivity contribution in [3.8, 4) is 0 Å². The van der Waals surface area contributed by atoms with Gasteiger partial charge in [0.05, 0.1) is 12.2 Å². The highest BCUT2D eigenvalue weighted by molar-refractivity contribution is 7.80. The van der Waals surface area contributed by atoms with Gasteiger partial charge in [-0.3, -0.25) is 15.6 Å².